The SMILES string of the molecule is NC(=O)c1ccccc1C1CCCN(CCc2ccccc2N2CCCCC2=O)C1.O=C(O)C(=O)O. The number of nitrogens with zero attached hydrogens (tertiary/aromatic N) is 2. The van der Waals surface area contributed by atoms with Crippen LogP contribution in [0.2, 0.25) is 0 Å². The van der Waals surface area contributed by atoms with Crippen molar-refractivity contribution in [3.05, 3.63) is 65.2 Å². The van der Waals surface area contributed by atoms with Crippen molar-refractivity contribution in [3.63, 3.8) is 0 Å². The van der Waals surface area contributed by atoms with Crippen LogP contribution in [0.25, 0.3) is 0 Å². The molecule has 1 atom stereocenters. The maximum atomic E-state index is 12.4. The van der Waals surface area contributed by atoms with Gasteiger partial charge in [-0.1, -0.05) is 36.4 Å². The monoisotopic (exact) mass is 495 g/mol. The average Bonchev–Trinajstić information content (AvgIpc) is 2.88. The van der Waals surface area contributed by atoms with Crippen molar-refractivity contribution in [1.82, 2.24) is 4.90 Å². The van der Waals surface area contributed by atoms with Crippen LogP contribution < -0.4 is 10.6 Å². The Bertz CT molecular complexity index is 1090. The number of carboxylic acids is 2. The van der Waals surface area contributed by atoms with Crippen molar-refractivity contribution in [1.29, 1.82) is 0 Å². The van der Waals surface area contributed by atoms with E-state index in [4.69, 9.17) is 25.5 Å². The summed E-state index contributed by atoms with van der Waals surface area (Å²) in [4.78, 5) is 46.9. The van der Waals surface area contributed by atoms with Gasteiger partial charge in [-0.05, 0) is 67.8 Å². The number of piperidine rings is 2. The standard InChI is InChI=1S/C25H31N3O2.C2H2O4/c26-25(30)22-11-3-2-10-21(22)20-9-7-15-27(18-20)17-14-19-8-1-4-12-23(19)28-16-6-5-13-24(28)29;3-1(4)2(5)6/h1-4,8,10-12,20H,5-7,9,13-18H2,(H2,26,30);(H,3,4)(H,5,6). The first kappa shape index (κ1) is 26.9. The number of likely N-dealkylation sites (tertiary alicyclic amines) is 1. The van der Waals surface area contributed by atoms with E-state index in [1.807, 2.05) is 35.2 Å². The molecule has 0 bridgehead atoms. The van der Waals surface area contributed by atoms with Gasteiger partial charge in [0.05, 0.1) is 0 Å². The molecule has 192 valence electrons. The zero-order valence-corrected chi connectivity index (χ0v) is 20.3. The van der Waals surface area contributed by atoms with Gasteiger partial charge in [-0.25, -0.2) is 9.59 Å². The predicted molar refractivity (Wildman–Crippen MR) is 135 cm³/mol. The lowest BCUT2D eigenvalue weighted by atomic mass is 9.87. The van der Waals surface area contributed by atoms with Gasteiger partial charge in [0.15, 0.2) is 0 Å². The topological polar surface area (TPSA) is 141 Å². The van der Waals surface area contributed by atoms with Gasteiger partial charge < -0.3 is 25.7 Å². The molecule has 1 unspecified atom stereocenters. The zero-order chi connectivity index (χ0) is 26.1. The third kappa shape index (κ3) is 7.14. The first-order valence-corrected chi connectivity index (χ1v) is 12.2. The van der Waals surface area contributed by atoms with Crippen molar-refractivity contribution < 1.29 is 29.4 Å². The van der Waals surface area contributed by atoms with Crippen LogP contribution in [-0.2, 0) is 20.8 Å². The number of hydrogen-bond donors (Lipinski definition) is 3. The first-order chi connectivity index (χ1) is 17.3. The van der Waals surface area contributed by atoms with Gasteiger partial charge >= 0.3 is 11.9 Å². The minimum atomic E-state index is -1.82. The van der Waals surface area contributed by atoms with Crippen molar-refractivity contribution in [2.24, 2.45) is 5.73 Å². The van der Waals surface area contributed by atoms with Crippen LogP contribution in [0, 0.1) is 0 Å². The molecule has 2 aromatic rings. The summed E-state index contributed by atoms with van der Waals surface area (Å²) < 4.78 is 0. The lowest BCUT2D eigenvalue weighted by Crippen LogP contribution is -2.37. The van der Waals surface area contributed by atoms with Crippen LogP contribution in [0.3, 0.4) is 0 Å². The predicted octanol–water partition coefficient (Wildman–Crippen LogP) is 2.88. The molecular weight excluding hydrogens is 462 g/mol. The summed E-state index contributed by atoms with van der Waals surface area (Å²) in [5, 5.41) is 14.8. The summed E-state index contributed by atoms with van der Waals surface area (Å²) in [5.74, 6) is -3.41. The van der Waals surface area contributed by atoms with Gasteiger partial charge in [-0.2, -0.15) is 0 Å². The van der Waals surface area contributed by atoms with Crippen LogP contribution >= 0.6 is 0 Å². The number of aliphatic carboxylic acids is 2. The van der Waals surface area contributed by atoms with Crippen molar-refractivity contribution >= 4 is 29.4 Å². The van der Waals surface area contributed by atoms with E-state index in [2.05, 4.69) is 23.1 Å². The van der Waals surface area contributed by atoms with E-state index in [-0.39, 0.29) is 11.8 Å². The first-order valence-electron chi connectivity index (χ1n) is 12.2. The van der Waals surface area contributed by atoms with E-state index < -0.39 is 11.9 Å². The minimum Gasteiger partial charge on any atom is -0.473 e. The van der Waals surface area contributed by atoms with Crippen molar-refractivity contribution in [3.8, 4) is 0 Å². The molecule has 2 aromatic carbocycles. The average molecular weight is 496 g/mol. The second kappa shape index (κ2) is 12.8. The summed E-state index contributed by atoms with van der Waals surface area (Å²) >= 11 is 0. The number of amides is 2. The number of benzene rings is 2. The molecule has 0 radical (unpaired) electrons. The van der Waals surface area contributed by atoms with Gasteiger partial charge in [0.1, 0.15) is 0 Å². The number of nitrogens with two attached hydrogens (primary N) is 1. The molecule has 0 saturated carbocycles. The van der Waals surface area contributed by atoms with E-state index in [9.17, 15) is 9.59 Å². The molecule has 9 nitrogen and oxygen atoms in total. The fraction of sp³-hybridized carbons (Fsp3) is 0.407. The molecule has 2 fully saturated rings. The molecule has 36 heavy (non-hydrogen) atoms. The maximum absolute atomic E-state index is 12.4. The van der Waals surface area contributed by atoms with Crippen LogP contribution in [0.4, 0.5) is 5.69 Å². The van der Waals surface area contributed by atoms with Crippen LogP contribution in [-0.4, -0.2) is 65.0 Å². The molecule has 0 spiro atoms. The quantitative estimate of drug-likeness (QED) is 0.523. The smallest absolute Gasteiger partial charge is 0.414 e. The Balaban J connectivity index is 0.000000538. The number of hydrogen-bond acceptors (Lipinski definition) is 5. The van der Waals surface area contributed by atoms with Gasteiger partial charge in [0.25, 0.3) is 0 Å². The fourth-order valence-corrected chi connectivity index (χ4v) is 4.91. The highest BCUT2D eigenvalue weighted by atomic mass is 16.4. The summed E-state index contributed by atoms with van der Waals surface area (Å²) in [6.45, 7) is 3.79. The van der Waals surface area contributed by atoms with E-state index in [0.29, 0.717) is 17.9 Å². The molecule has 2 aliphatic heterocycles. The third-order valence-electron chi connectivity index (χ3n) is 6.66. The van der Waals surface area contributed by atoms with Gasteiger partial charge in [-0.3, -0.25) is 9.59 Å². The van der Waals surface area contributed by atoms with Crippen LogP contribution in [0.15, 0.2) is 48.5 Å². The zero-order valence-electron chi connectivity index (χ0n) is 20.3. The number of rotatable bonds is 6. The molecule has 2 amide bonds. The maximum Gasteiger partial charge on any atom is 0.414 e. The molecular formula is C27H33N3O6. The molecule has 0 aliphatic carbocycles. The van der Waals surface area contributed by atoms with E-state index in [0.717, 1.165) is 69.5 Å². The number of anilines is 1. The number of carbonyl (C=O) groups is 4. The number of primary amides is 1. The lowest BCUT2D eigenvalue weighted by Gasteiger charge is -2.34. The molecule has 2 aliphatic rings. The van der Waals surface area contributed by atoms with E-state index in [1.54, 1.807) is 0 Å². The molecule has 2 heterocycles. The summed E-state index contributed by atoms with van der Waals surface area (Å²) in [6.07, 6.45) is 5.85. The third-order valence-corrected chi connectivity index (χ3v) is 6.66. The summed E-state index contributed by atoms with van der Waals surface area (Å²) in [7, 11) is 0. The van der Waals surface area contributed by atoms with Gasteiger partial charge in [0, 0.05) is 37.3 Å². The molecule has 4 rings (SSSR count). The van der Waals surface area contributed by atoms with Crippen molar-refractivity contribution in [2.75, 3.05) is 31.1 Å². The van der Waals surface area contributed by atoms with Gasteiger partial charge in [-0.15, -0.1) is 0 Å². The highest BCUT2D eigenvalue weighted by Gasteiger charge is 2.25. The van der Waals surface area contributed by atoms with E-state index in [1.165, 1.54) is 5.56 Å². The largest absolute Gasteiger partial charge is 0.473 e. The Kier molecular flexibility index (Phi) is 9.58. The number of carbonyl (C=O) groups excluding carboxylic acids is 2. The van der Waals surface area contributed by atoms with Gasteiger partial charge in [0.2, 0.25) is 11.8 Å². The van der Waals surface area contributed by atoms with E-state index >= 15 is 0 Å². The summed E-state index contributed by atoms with van der Waals surface area (Å²) in [5.41, 5.74) is 9.66. The Morgan fingerprint density at radius 3 is 2.31 bits per heavy atom. The lowest BCUT2D eigenvalue weighted by molar-refractivity contribution is -0.159. The Labute approximate surface area is 210 Å². The molecule has 9 heteroatoms. The Hall–Kier alpha value is -3.72. The Morgan fingerprint density at radius 1 is 0.917 bits per heavy atom. The minimum absolute atomic E-state index is 0.245. The highest BCUT2D eigenvalue weighted by Crippen LogP contribution is 2.30. The van der Waals surface area contributed by atoms with Crippen molar-refractivity contribution in [2.45, 2.75) is 44.4 Å². The molecule has 4 N–H and O–H groups in total. The number of para-hydroxylation sites is 1. The normalized spacial score (nSPS) is 18.2. The molecule has 0 aromatic heterocycles. The summed E-state index contributed by atoms with van der Waals surface area (Å²) in [6, 6.07) is 16.1. The highest BCUT2D eigenvalue weighted by molar-refractivity contribution is 6.27. The Morgan fingerprint density at radius 2 is 1.61 bits per heavy atom. The fourth-order valence-electron chi connectivity index (χ4n) is 4.91. The van der Waals surface area contributed by atoms with Crippen LogP contribution in [0.5, 0.6) is 0 Å². The second-order valence-corrected chi connectivity index (χ2v) is 9.08. The number of carboxylic acid groups (broad SMARTS) is 2. The van der Waals surface area contributed by atoms with Crippen LogP contribution in [0.1, 0.15) is 59.5 Å². The molecule has 2 saturated heterocycles. The second-order valence-electron chi connectivity index (χ2n) is 9.08.